The molecule has 1 fully saturated rings. The average molecular weight is 524 g/mol. The van der Waals surface area contributed by atoms with E-state index in [0.717, 1.165) is 35.8 Å². The minimum absolute atomic E-state index is 0. The fraction of sp³-hybridized carbons (Fsp3) is 0.409. The number of aliphatic imine (C=N–C) groups is 1. The average Bonchev–Trinajstić information content (AvgIpc) is 3.37. The third-order valence-corrected chi connectivity index (χ3v) is 6.45. The lowest BCUT2D eigenvalue weighted by molar-refractivity contribution is 0.125. The Kier molecular flexibility index (Phi) is 7.97. The van der Waals surface area contributed by atoms with Gasteiger partial charge in [0.2, 0.25) is 0 Å². The van der Waals surface area contributed by atoms with Crippen molar-refractivity contribution in [1.29, 1.82) is 0 Å². The first-order valence-electron chi connectivity index (χ1n) is 9.90. The summed E-state index contributed by atoms with van der Waals surface area (Å²) >= 11 is 1.86. The molecule has 3 heterocycles. The SMILES string of the molecule is CN=C(NCc1cc2ccccc2o1)NCC1CCCN(C)C1c1cccs1.I. The van der Waals surface area contributed by atoms with Crippen LogP contribution in [0.15, 0.2) is 57.3 Å². The van der Waals surface area contributed by atoms with Crippen molar-refractivity contribution in [1.82, 2.24) is 15.5 Å². The monoisotopic (exact) mass is 524 g/mol. The zero-order valence-electron chi connectivity index (χ0n) is 16.9. The zero-order valence-corrected chi connectivity index (χ0v) is 20.1. The van der Waals surface area contributed by atoms with Crippen molar-refractivity contribution < 1.29 is 4.42 Å². The molecule has 0 bridgehead atoms. The van der Waals surface area contributed by atoms with E-state index in [4.69, 9.17) is 4.42 Å². The summed E-state index contributed by atoms with van der Waals surface area (Å²) in [4.78, 5) is 8.34. The Morgan fingerprint density at radius 2 is 2.10 bits per heavy atom. The Bertz CT molecular complexity index is 891. The molecule has 2 unspecified atom stereocenters. The molecule has 2 N–H and O–H groups in total. The van der Waals surface area contributed by atoms with Crippen molar-refractivity contribution in [2.75, 3.05) is 27.2 Å². The van der Waals surface area contributed by atoms with Crippen molar-refractivity contribution >= 4 is 52.2 Å². The normalized spacial score (nSPS) is 20.4. The number of thiophene rings is 1. The second-order valence-electron chi connectivity index (χ2n) is 7.40. The molecule has 0 radical (unpaired) electrons. The molecule has 1 aliphatic rings. The Morgan fingerprint density at radius 3 is 2.86 bits per heavy atom. The predicted octanol–water partition coefficient (Wildman–Crippen LogP) is 4.86. The van der Waals surface area contributed by atoms with Gasteiger partial charge < -0.3 is 15.1 Å². The summed E-state index contributed by atoms with van der Waals surface area (Å²) < 4.78 is 5.89. The van der Waals surface area contributed by atoms with Crippen LogP contribution in [0.2, 0.25) is 0 Å². The van der Waals surface area contributed by atoms with Crippen LogP contribution in [0.25, 0.3) is 11.0 Å². The van der Waals surface area contributed by atoms with Gasteiger partial charge in [-0.25, -0.2) is 0 Å². The molecule has 3 aromatic rings. The summed E-state index contributed by atoms with van der Waals surface area (Å²) in [5.74, 6) is 2.30. The molecule has 0 amide bonds. The molecule has 2 atom stereocenters. The lowest BCUT2D eigenvalue weighted by atomic mass is 9.88. The molecule has 0 saturated carbocycles. The lowest BCUT2D eigenvalue weighted by Crippen LogP contribution is -2.44. The van der Waals surface area contributed by atoms with Crippen LogP contribution in [0.3, 0.4) is 0 Å². The van der Waals surface area contributed by atoms with E-state index < -0.39 is 0 Å². The van der Waals surface area contributed by atoms with E-state index >= 15 is 0 Å². The number of halogens is 1. The van der Waals surface area contributed by atoms with Crippen LogP contribution in [-0.4, -0.2) is 38.0 Å². The number of fused-ring (bicyclic) bond motifs is 1. The standard InChI is InChI=1S/C22H28N4OS.HI/c1-23-22(25-15-18-13-16-7-3-4-9-19(16)27-18)24-14-17-8-5-11-26(2)21(17)20-10-6-12-28-20;/h3-4,6-7,9-10,12-13,17,21H,5,8,11,14-15H2,1-2H3,(H2,23,24,25);1H. The van der Waals surface area contributed by atoms with Gasteiger partial charge in [0.1, 0.15) is 11.3 Å². The van der Waals surface area contributed by atoms with Crippen LogP contribution in [0.5, 0.6) is 0 Å². The molecule has 156 valence electrons. The smallest absolute Gasteiger partial charge is 0.191 e. The number of piperidine rings is 1. The fourth-order valence-corrected chi connectivity index (χ4v) is 5.11. The number of benzene rings is 1. The molecule has 1 aliphatic heterocycles. The first kappa shape index (κ1) is 22.1. The van der Waals surface area contributed by atoms with Gasteiger partial charge >= 0.3 is 0 Å². The predicted molar refractivity (Wildman–Crippen MR) is 132 cm³/mol. The van der Waals surface area contributed by atoms with Gasteiger partial charge in [-0.2, -0.15) is 0 Å². The highest BCUT2D eigenvalue weighted by Gasteiger charge is 2.31. The number of hydrogen-bond acceptors (Lipinski definition) is 4. The molecule has 4 rings (SSSR count). The Balaban J connectivity index is 0.00000240. The Hall–Kier alpha value is -1.58. The number of furan rings is 1. The Morgan fingerprint density at radius 1 is 1.24 bits per heavy atom. The molecule has 1 saturated heterocycles. The maximum absolute atomic E-state index is 5.89. The van der Waals surface area contributed by atoms with Crippen LogP contribution < -0.4 is 10.6 Å². The van der Waals surface area contributed by atoms with Gasteiger partial charge in [-0.05, 0) is 55.9 Å². The third-order valence-electron chi connectivity index (χ3n) is 5.50. The summed E-state index contributed by atoms with van der Waals surface area (Å²) in [6.45, 7) is 2.69. The van der Waals surface area contributed by atoms with E-state index in [-0.39, 0.29) is 24.0 Å². The summed E-state index contributed by atoms with van der Waals surface area (Å²) in [5.41, 5.74) is 0.922. The van der Waals surface area contributed by atoms with Crippen molar-refractivity contribution in [3.05, 3.63) is 58.5 Å². The molecule has 0 spiro atoms. The van der Waals surface area contributed by atoms with Crippen molar-refractivity contribution in [2.24, 2.45) is 10.9 Å². The largest absolute Gasteiger partial charge is 0.459 e. The van der Waals surface area contributed by atoms with Crippen molar-refractivity contribution in [3.63, 3.8) is 0 Å². The van der Waals surface area contributed by atoms with Gasteiger partial charge in [-0.15, -0.1) is 35.3 Å². The number of guanidine groups is 1. The zero-order chi connectivity index (χ0) is 19.3. The quantitative estimate of drug-likeness (QED) is 0.285. The second kappa shape index (κ2) is 10.4. The molecular formula is C22H29IN4OS. The maximum atomic E-state index is 5.89. The Labute approximate surface area is 193 Å². The number of nitrogens with one attached hydrogen (secondary N) is 2. The first-order valence-corrected chi connectivity index (χ1v) is 10.8. The number of hydrogen-bond donors (Lipinski definition) is 2. The van der Waals surface area contributed by atoms with Gasteiger partial charge in [-0.1, -0.05) is 24.3 Å². The van der Waals surface area contributed by atoms with E-state index in [2.05, 4.69) is 57.2 Å². The summed E-state index contributed by atoms with van der Waals surface area (Å²) in [5, 5.41) is 10.2. The molecule has 0 aliphatic carbocycles. The summed E-state index contributed by atoms with van der Waals surface area (Å²) in [7, 11) is 4.06. The molecule has 1 aromatic carbocycles. The molecule has 7 heteroatoms. The van der Waals surface area contributed by atoms with Gasteiger partial charge in [0, 0.05) is 29.9 Å². The molecule has 5 nitrogen and oxygen atoms in total. The molecule has 29 heavy (non-hydrogen) atoms. The highest BCUT2D eigenvalue weighted by molar-refractivity contribution is 14.0. The van der Waals surface area contributed by atoms with Crippen LogP contribution in [-0.2, 0) is 6.54 Å². The second-order valence-corrected chi connectivity index (χ2v) is 8.38. The molecular weight excluding hydrogens is 495 g/mol. The minimum Gasteiger partial charge on any atom is -0.459 e. The maximum Gasteiger partial charge on any atom is 0.191 e. The van der Waals surface area contributed by atoms with Crippen LogP contribution in [0.1, 0.15) is 29.5 Å². The highest BCUT2D eigenvalue weighted by atomic mass is 127. The van der Waals surface area contributed by atoms with Gasteiger partial charge in [0.15, 0.2) is 5.96 Å². The molecule has 2 aromatic heterocycles. The number of para-hydroxylation sites is 1. The van der Waals surface area contributed by atoms with Crippen LogP contribution in [0, 0.1) is 5.92 Å². The summed E-state index contributed by atoms with van der Waals surface area (Å²) in [6.07, 6.45) is 2.48. The fourth-order valence-electron chi connectivity index (χ4n) is 4.13. The van der Waals surface area contributed by atoms with E-state index in [1.807, 2.05) is 36.6 Å². The first-order chi connectivity index (χ1) is 13.7. The lowest BCUT2D eigenvalue weighted by Gasteiger charge is -2.39. The van der Waals surface area contributed by atoms with E-state index in [0.29, 0.717) is 18.5 Å². The van der Waals surface area contributed by atoms with E-state index in [9.17, 15) is 0 Å². The van der Waals surface area contributed by atoms with Gasteiger partial charge in [0.05, 0.1) is 6.54 Å². The van der Waals surface area contributed by atoms with Crippen LogP contribution >= 0.6 is 35.3 Å². The minimum atomic E-state index is 0. The summed E-state index contributed by atoms with van der Waals surface area (Å²) in [6, 6.07) is 15.1. The van der Waals surface area contributed by atoms with Gasteiger partial charge in [0.25, 0.3) is 0 Å². The van der Waals surface area contributed by atoms with E-state index in [1.165, 1.54) is 17.7 Å². The number of nitrogens with zero attached hydrogens (tertiary/aromatic N) is 2. The number of rotatable bonds is 5. The number of likely N-dealkylation sites (tertiary alicyclic amines) is 1. The van der Waals surface area contributed by atoms with E-state index in [1.54, 1.807) is 0 Å². The van der Waals surface area contributed by atoms with Crippen molar-refractivity contribution in [3.8, 4) is 0 Å². The third kappa shape index (κ3) is 5.32. The van der Waals surface area contributed by atoms with Crippen LogP contribution in [0.4, 0.5) is 0 Å². The van der Waals surface area contributed by atoms with Gasteiger partial charge in [-0.3, -0.25) is 9.89 Å². The van der Waals surface area contributed by atoms with Crippen molar-refractivity contribution in [2.45, 2.75) is 25.4 Å². The topological polar surface area (TPSA) is 52.8 Å². The highest BCUT2D eigenvalue weighted by Crippen LogP contribution is 2.36.